The maximum atomic E-state index is 11.4. The van der Waals surface area contributed by atoms with Crippen LogP contribution in [0.25, 0.3) is 5.57 Å². The van der Waals surface area contributed by atoms with E-state index < -0.39 is 0 Å². The summed E-state index contributed by atoms with van der Waals surface area (Å²) in [4.78, 5) is 11.4. The molecule has 0 aromatic heterocycles. The topological polar surface area (TPSA) is 26.3 Å². The number of hydrogen-bond donors (Lipinski definition) is 0. The molecule has 0 N–H and O–H groups in total. The van der Waals surface area contributed by atoms with E-state index >= 15 is 0 Å². The van der Waals surface area contributed by atoms with E-state index in [0.717, 1.165) is 5.56 Å². The smallest absolute Gasteiger partial charge is 0.338 e. The van der Waals surface area contributed by atoms with Crippen molar-refractivity contribution in [3.05, 3.63) is 42.5 Å². The molecule has 0 amide bonds. The third-order valence-electron chi connectivity index (χ3n) is 1.71. The molecule has 0 aliphatic rings. The quantitative estimate of drug-likeness (QED) is 0.541. The van der Waals surface area contributed by atoms with Gasteiger partial charge in [0.05, 0.1) is 11.7 Å². The van der Waals surface area contributed by atoms with Gasteiger partial charge >= 0.3 is 5.97 Å². The van der Waals surface area contributed by atoms with Gasteiger partial charge in [0.15, 0.2) is 0 Å². The molecule has 0 aliphatic carbocycles. The average molecular weight is 190 g/mol. The maximum absolute atomic E-state index is 11.4. The lowest BCUT2D eigenvalue weighted by Gasteiger charge is -2.09. The minimum absolute atomic E-state index is 0.108. The van der Waals surface area contributed by atoms with E-state index in [1.807, 2.05) is 44.2 Å². The molecule has 0 unspecified atom stereocenters. The van der Waals surface area contributed by atoms with Crippen LogP contribution in [0.2, 0.25) is 0 Å². The first-order chi connectivity index (χ1) is 6.61. The van der Waals surface area contributed by atoms with Gasteiger partial charge in [-0.15, -0.1) is 0 Å². The van der Waals surface area contributed by atoms with E-state index in [1.165, 1.54) is 0 Å². The minimum Gasteiger partial charge on any atom is -0.459 e. The van der Waals surface area contributed by atoms with Crippen LogP contribution < -0.4 is 0 Å². The fourth-order valence-corrected chi connectivity index (χ4v) is 1.04. The van der Waals surface area contributed by atoms with Gasteiger partial charge in [0.2, 0.25) is 0 Å². The predicted octanol–water partition coefficient (Wildman–Crippen LogP) is 2.65. The molecule has 0 atom stereocenters. The lowest BCUT2D eigenvalue weighted by atomic mass is 10.1. The summed E-state index contributed by atoms with van der Waals surface area (Å²) >= 11 is 0. The van der Waals surface area contributed by atoms with Crippen molar-refractivity contribution in [1.29, 1.82) is 0 Å². The van der Waals surface area contributed by atoms with Crippen molar-refractivity contribution >= 4 is 11.5 Å². The van der Waals surface area contributed by atoms with Crippen LogP contribution in [0.15, 0.2) is 36.9 Å². The molecule has 1 rings (SSSR count). The zero-order valence-corrected chi connectivity index (χ0v) is 8.49. The molecule has 0 heterocycles. The molecule has 2 nitrogen and oxygen atoms in total. The standard InChI is InChI=1S/C12H14O2/c1-9(2)14-12(13)10(3)11-7-5-4-6-8-11/h4-9H,3H2,1-2H3. The Labute approximate surface area is 84.2 Å². The summed E-state index contributed by atoms with van der Waals surface area (Å²) < 4.78 is 5.03. The number of esters is 1. The predicted molar refractivity (Wildman–Crippen MR) is 56.7 cm³/mol. The Balaban J connectivity index is 2.72. The first kappa shape index (κ1) is 10.5. The van der Waals surface area contributed by atoms with Crippen molar-refractivity contribution < 1.29 is 9.53 Å². The summed E-state index contributed by atoms with van der Waals surface area (Å²) in [5.41, 5.74) is 1.21. The van der Waals surface area contributed by atoms with Crippen molar-refractivity contribution in [2.24, 2.45) is 0 Å². The summed E-state index contributed by atoms with van der Waals surface area (Å²) in [6.07, 6.45) is -0.108. The Kier molecular flexibility index (Phi) is 3.46. The molecule has 74 valence electrons. The van der Waals surface area contributed by atoms with Gasteiger partial charge in [0, 0.05) is 0 Å². The second-order valence-corrected chi connectivity index (χ2v) is 3.30. The Bertz CT molecular complexity index is 325. The lowest BCUT2D eigenvalue weighted by Crippen LogP contribution is -2.12. The number of carbonyl (C=O) groups is 1. The van der Waals surface area contributed by atoms with Crippen molar-refractivity contribution in [3.8, 4) is 0 Å². The second-order valence-electron chi connectivity index (χ2n) is 3.30. The van der Waals surface area contributed by atoms with Crippen LogP contribution in [0.4, 0.5) is 0 Å². The summed E-state index contributed by atoms with van der Waals surface area (Å²) in [6, 6.07) is 9.30. The maximum Gasteiger partial charge on any atom is 0.338 e. The molecule has 0 aliphatic heterocycles. The molecule has 1 aromatic rings. The molecule has 2 heteroatoms. The highest BCUT2D eigenvalue weighted by Crippen LogP contribution is 2.13. The number of ether oxygens (including phenoxy) is 1. The van der Waals surface area contributed by atoms with Gasteiger partial charge in [0.25, 0.3) is 0 Å². The van der Waals surface area contributed by atoms with Crippen LogP contribution in [0.5, 0.6) is 0 Å². The molecular formula is C12H14O2. The van der Waals surface area contributed by atoms with Crippen molar-refractivity contribution in [2.75, 3.05) is 0 Å². The van der Waals surface area contributed by atoms with Crippen molar-refractivity contribution in [3.63, 3.8) is 0 Å². The summed E-state index contributed by atoms with van der Waals surface area (Å²) in [7, 11) is 0. The van der Waals surface area contributed by atoms with Gasteiger partial charge in [-0.05, 0) is 19.4 Å². The highest BCUT2D eigenvalue weighted by atomic mass is 16.5. The zero-order valence-electron chi connectivity index (χ0n) is 8.49. The summed E-state index contributed by atoms with van der Waals surface area (Å²) in [5.74, 6) is -0.355. The molecular weight excluding hydrogens is 176 g/mol. The van der Waals surface area contributed by atoms with E-state index in [0.29, 0.717) is 5.57 Å². The first-order valence-corrected chi connectivity index (χ1v) is 4.56. The summed E-state index contributed by atoms with van der Waals surface area (Å²) in [5, 5.41) is 0. The van der Waals surface area contributed by atoms with E-state index in [4.69, 9.17) is 4.74 Å². The molecule has 0 radical (unpaired) electrons. The molecule has 0 saturated heterocycles. The van der Waals surface area contributed by atoms with Crippen LogP contribution in [-0.2, 0) is 9.53 Å². The van der Waals surface area contributed by atoms with Gasteiger partial charge in [-0.3, -0.25) is 0 Å². The molecule has 0 bridgehead atoms. The lowest BCUT2D eigenvalue weighted by molar-refractivity contribution is -0.140. The highest BCUT2D eigenvalue weighted by molar-refractivity contribution is 6.15. The normalized spacial score (nSPS) is 9.93. The van der Waals surface area contributed by atoms with Gasteiger partial charge < -0.3 is 4.74 Å². The number of rotatable bonds is 3. The van der Waals surface area contributed by atoms with E-state index in [2.05, 4.69) is 6.58 Å². The third kappa shape index (κ3) is 2.73. The largest absolute Gasteiger partial charge is 0.459 e. The second kappa shape index (κ2) is 4.61. The van der Waals surface area contributed by atoms with Crippen LogP contribution in [0.3, 0.4) is 0 Å². The van der Waals surface area contributed by atoms with Gasteiger partial charge in [-0.1, -0.05) is 36.9 Å². The SMILES string of the molecule is C=C(C(=O)OC(C)C)c1ccccc1. The van der Waals surface area contributed by atoms with Crippen molar-refractivity contribution in [2.45, 2.75) is 20.0 Å². The molecule has 0 fully saturated rings. The van der Waals surface area contributed by atoms with E-state index in [1.54, 1.807) is 0 Å². The van der Waals surface area contributed by atoms with Crippen LogP contribution >= 0.6 is 0 Å². The van der Waals surface area contributed by atoms with Gasteiger partial charge in [-0.2, -0.15) is 0 Å². The Morgan fingerprint density at radius 1 is 1.29 bits per heavy atom. The summed E-state index contributed by atoms with van der Waals surface area (Å²) in [6.45, 7) is 7.33. The average Bonchev–Trinajstić information content (AvgIpc) is 2.17. The van der Waals surface area contributed by atoms with Crippen LogP contribution in [0.1, 0.15) is 19.4 Å². The zero-order chi connectivity index (χ0) is 10.6. The molecule has 0 saturated carbocycles. The third-order valence-corrected chi connectivity index (χ3v) is 1.71. The van der Waals surface area contributed by atoms with Crippen molar-refractivity contribution in [1.82, 2.24) is 0 Å². The first-order valence-electron chi connectivity index (χ1n) is 4.56. The Hall–Kier alpha value is -1.57. The number of benzene rings is 1. The van der Waals surface area contributed by atoms with E-state index in [-0.39, 0.29) is 12.1 Å². The van der Waals surface area contributed by atoms with Crippen LogP contribution in [-0.4, -0.2) is 12.1 Å². The highest BCUT2D eigenvalue weighted by Gasteiger charge is 2.11. The number of hydrogen-bond acceptors (Lipinski definition) is 2. The molecule has 0 spiro atoms. The Morgan fingerprint density at radius 3 is 2.36 bits per heavy atom. The van der Waals surface area contributed by atoms with E-state index in [9.17, 15) is 4.79 Å². The Morgan fingerprint density at radius 2 is 1.86 bits per heavy atom. The minimum atomic E-state index is -0.355. The monoisotopic (exact) mass is 190 g/mol. The molecule has 1 aromatic carbocycles. The fraction of sp³-hybridized carbons (Fsp3) is 0.250. The van der Waals surface area contributed by atoms with Gasteiger partial charge in [0.1, 0.15) is 0 Å². The number of carbonyl (C=O) groups excluding carboxylic acids is 1. The van der Waals surface area contributed by atoms with Crippen LogP contribution in [0, 0.1) is 0 Å². The fourth-order valence-electron chi connectivity index (χ4n) is 1.04. The van der Waals surface area contributed by atoms with Gasteiger partial charge in [-0.25, -0.2) is 4.79 Å². The molecule has 14 heavy (non-hydrogen) atoms.